The number of halogens is 4. The third kappa shape index (κ3) is 6.75. The van der Waals surface area contributed by atoms with Crippen LogP contribution < -0.4 is 20.1 Å². The van der Waals surface area contributed by atoms with Crippen molar-refractivity contribution in [3.63, 3.8) is 0 Å². The van der Waals surface area contributed by atoms with Crippen molar-refractivity contribution < 1.29 is 23.5 Å². The Hall–Kier alpha value is -3.24. The maximum atomic E-state index is 13.0. The highest BCUT2D eigenvalue weighted by atomic mass is 35.5. The van der Waals surface area contributed by atoms with Crippen molar-refractivity contribution in [2.75, 3.05) is 19.0 Å². The number of anilines is 1. The van der Waals surface area contributed by atoms with Crippen LogP contribution in [0.15, 0.2) is 64.5 Å². The van der Waals surface area contributed by atoms with Crippen molar-refractivity contribution in [2.24, 2.45) is 4.99 Å². The molecule has 2 N–H and O–H groups in total. The molecular weight excluding hydrogens is 564 g/mol. The van der Waals surface area contributed by atoms with Gasteiger partial charge in [-0.15, -0.1) is 0 Å². The molecular formula is C25H17Cl3FN3O4S. The number of amides is 2. The van der Waals surface area contributed by atoms with Crippen LogP contribution in [-0.2, 0) is 9.59 Å². The first kappa shape index (κ1) is 26.8. The molecule has 7 nitrogen and oxygen atoms in total. The van der Waals surface area contributed by atoms with E-state index in [1.54, 1.807) is 36.4 Å². The Morgan fingerprint density at radius 2 is 1.89 bits per heavy atom. The van der Waals surface area contributed by atoms with Crippen molar-refractivity contribution in [2.45, 2.75) is 0 Å². The number of benzene rings is 3. The van der Waals surface area contributed by atoms with Gasteiger partial charge in [-0.2, -0.15) is 0 Å². The maximum Gasteiger partial charge on any atom is 0.264 e. The van der Waals surface area contributed by atoms with Crippen LogP contribution in [0.25, 0.3) is 6.08 Å². The summed E-state index contributed by atoms with van der Waals surface area (Å²) in [5.74, 6) is -0.821. The molecule has 0 bridgehead atoms. The lowest BCUT2D eigenvalue weighted by Gasteiger charge is -2.13. The van der Waals surface area contributed by atoms with Crippen LogP contribution in [0.1, 0.15) is 5.56 Å². The molecule has 0 aromatic heterocycles. The van der Waals surface area contributed by atoms with Crippen molar-refractivity contribution in [1.82, 2.24) is 5.32 Å². The first-order chi connectivity index (χ1) is 17.7. The van der Waals surface area contributed by atoms with Gasteiger partial charge in [0.25, 0.3) is 11.8 Å². The molecule has 1 aliphatic heterocycles. The number of hydrogen-bond acceptors (Lipinski definition) is 6. The number of hydrogen-bond donors (Lipinski definition) is 2. The lowest BCUT2D eigenvalue weighted by Crippen LogP contribution is -2.20. The van der Waals surface area contributed by atoms with Crippen LogP contribution in [-0.4, -0.2) is 30.7 Å². The number of methoxy groups -OCH3 is 1. The van der Waals surface area contributed by atoms with E-state index in [4.69, 9.17) is 44.3 Å². The minimum atomic E-state index is -0.471. The zero-order valence-electron chi connectivity index (χ0n) is 19.0. The van der Waals surface area contributed by atoms with Crippen LogP contribution in [0.3, 0.4) is 0 Å². The van der Waals surface area contributed by atoms with Gasteiger partial charge in [0.1, 0.15) is 5.82 Å². The summed E-state index contributed by atoms with van der Waals surface area (Å²) in [4.78, 5) is 29.4. The van der Waals surface area contributed by atoms with Gasteiger partial charge in [-0.25, -0.2) is 9.38 Å². The van der Waals surface area contributed by atoms with E-state index in [2.05, 4.69) is 15.6 Å². The van der Waals surface area contributed by atoms with Crippen molar-refractivity contribution in [1.29, 1.82) is 0 Å². The number of aliphatic imine (C=N–C) groups is 1. The molecule has 0 spiro atoms. The van der Waals surface area contributed by atoms with Crippen molar-refractivity contribution >= 4 is 81.0 Å². The van der Waals surface area contributed by atoms with E-state index in [0.29, 0.717) is 32.0 Å². The summed E-state index contributed by atoms with van der Waals surface area (Å²) >= 11 is 19.7. The second-order valence-electron chi connectivity index (χ2n) is 7.43. The molecule has 0 radical (unpaired) electrons. The van der Waals surface area contributed by atoms with Crippen LogP contribution in [0.2, 0.25) is 15.1 Å². The van der Waals surface area contributed by atoms with E-state index in [1.165, 1.54) is 31.4 Å². The zero-order valence-corrected chi connectivity index (χ0v) is 22.1. The van der Waals surface area contributed by atoms with E-state index in [9.17, 15) is 14.0 Å². The minimum absolute atomic E-state index is 0.155. The second-order valence-corrected chi connectivity index (χ2v) is 9.66. The highest BCUT2D eigenvalue weighted by molar-refractivity contribution is 8.18. The highest BCUT2D eigenvalue weighted by Crippen LogP contribution is 2.39. The Kier molecular flexibility index (Phi) is 8.60. The van der Waals surface area contributed by atoms with Gasteiger partial charge in [-0.1, -0.05) is 40.9 Å². The first-order valence-electron chi connectivity index (χ1n) is 10.5. The number of carbonyl (C=O) groups is 2. The number of carbonyl (C=O) groups excluding carboxylic acids is 2. The van der Waals surface area contributed by atoms with E-state index in [-0.39, 0.29) is 34.1 Å². The van der Waals surface area contributed by atoms with Gasteiger partial charge in [0.15, 0.2) is 23.3 Å². The molecule has 1 aliphatic rings. The summed E-state index contributed by atoms with van der Waals surface area (Å²) in [7, 11) is 1.42. The fraction of sp³-hybridized carbons (Fsp3) is 0.0800. The second kappa shape index (κ2) is 11.9. The standard InChI is InChI=1S/C25H17Cl3FN3O4S/c1-35-19-10-13(9-17(27)23(19)36-12-21(33)30-15-7-5-14(29)6-8-15)11-20-24(34)32-25(37-20)31-18-4-2-3-16(26)22(18)28/h2-11H,12H2,1H3,(H,30,33)(H,31,32,34)/b20-11+. The smallest absolute Gasteiger partial charge is 0.264 e. The number of amidine groups is 1. The fourth-order valence-electron chi connectivity index (χ4n) is 3.15. The summed E-state index contributed by atoms with van der Waals surface area (Å²) in [6.07, 6.45) is 1.61. The third-order valence-electron chi connectivity index (χ3n) is 4.83. The number of ether oxygens (including phenoxy) is 2. The largest absolute Gasteiger partial charge is 0.493 e. The Morgan fingerprint density at radius 3 is 2.62 bits per heavy atom. The average Bonchev–Trinajstić information content (AvgIpc) is 3.20. The molecule has 0 unspecified atom stereocenters. The molecule has 12 heteroatoms. The summed E-state index contributed by atoms with van der Waals surface area (Å²) in [5, 5.41) is 6.41. The molecule has 3 aromatic carbocycles. The van der Waals surface area contributed by atoms with Gasteiger partial charge in [-0.05, 0) is 71.9 Å². The molecule has 0 aliphatic carbocycles. The van der Waals surface area contributed by atoms with Crippen molar-refractivity contribution in [3.8, 4) is 11.5 Å². The summed E-state index contributed by atoms with van der Waals surface area (Å²) in [6.45, 7) is -0.363. The molecule has 1 fully saturated rings. The summed E-state index contributed by atoms with van der Waals surface area (Å²) < 4.78 is 24.0. The van der Waals surface area contributed by atoms with E-state index < -0.39 is 11.7 Å². The number of nitrogens with zero attached hydrogens (tertiary/aromatic N) is 1. The van der Waals surface area contributed by atoms with Gasteiger partial charge in [0.2, 0.25) is 0 Å². The molecule has 1 saturated heterocycles. The quantitative estimate of drug-likeness (QED) is 0.304. The van der Waals surface area contributed by atoms with Gasteiger partial charge >= 0.3 is 0 Å². The summed E-state index contributed by atoms with van der Waals surface area (Å²) in [5.41, 5.74) is 1.40. The topological polar surface area (TPSA) is 89.0 Å². The monoisotopic (exact) mass is 579 g/mol. The number of thioether (sulfide) groups is 1. The summed E-state index contributed by atoms with van der Waals surface area (Å²) in [6, 6.07) is 13.5. The first-order valence-corrected chi connectivity index (χ1v) is 12.5. The molecule has 3 aromatic rings. The fourth-order valence-corrected chi connectivity index (χ4v) is 4.60. The Balaban J connectivity index is 1.47. The molecule has 0 atom stereocenters. The molecule has 37 heavy (non-hydrogen) atoms. The van der Waals surface area contributed by atoms with Gasteiger partial charge in [0.05, 0.1) is 32.8 Å². The maximum absolute atomic E-state index is 13.0. The van der Waals surface area contributed by atoms with Crippen LogP contribution in [0, 0.1) is 5.82 Å². The lowest BCUT2D eigenvalue weighted by molar-refractivity contribution is -0.118. The van der Waals surface area contributed by atoms with Crippen LogP contribution in [0.4, 0.5) is 15.8 Å². The average molecular weight is 581 g/mol. The zero-order chi connectivity index (χ0) is 26.5. The molecule has 1 heterocycles. The molecule has 0 saturated carbocycles. The van der Waals surface area contributed by atoms with Crippen LogP contribution in [0.5, 0.6) is 11.5 Å². The number of nitrogens with one attached hydrogen (secondary N) is 2. The highest BCUT2D eigenvalue weighted by Gasteiger charge is 2.25. The third-order valence-corrected chi connectivity index (χ3v) is 6.83. The van der Waals surface area contributed by atoms with Gasteiger partial charge in [-0.3, -0.25) is 9.59 Å². The Morgan fingerprint density at radius 1 is 1.14 bits per heavy atom. The van der Waals surface area contributed by atoms with Gasteiger partial charge in [0, 0.05) is 5.69 Å². The molecule has 4 rings (SSSR count). The normalized spacial score (nSPS) is 15.1. The predicted molar refractivity (Wildman–Crippen MR) is 146 cm³/mol. The molecule has 2 amide bonds. The predicted octanol–water partition coefficient (Wildman–Crippen LogP) is 6.70. The Labute approximate surface area is 230 Å². The van der Waals surface area contributed by atoms with Gasteiger partial charge < -0.3 is 20.1 Å². The van der Waals surface area contributed by atoms with E-state index >= 15 is 0 Å². The van der Waals surface area contributed by atoms with Crippen LogP contribution >= 0.6 is 46.6 Å². The SMILES string of the molecule is COc1cc(/C=C2/SC(=Nc3cccc(Cl)c3Cl)NC2=O)cc(Cl)c1OCC(=O)Nc1ccc(F)cc1. The van der Waals surface area contributed by atoms with Crippen molar-refractivity contribution in [3.05, 3.63) is 86.0 Å². The lowest BCUT2D eigenvalue weighted by atomic mass is 10.2. The molecule has 190 valence electrons. The van der Waals surface area contributed by atoms with E-state index in [1.807, 2.05) is 0 Å². The Bertz CT molecular complexity index is 1430. The minimum Gasteiger partial charge on any atom is -0.493 e. The van der Waals surface area contributed by atoms with E-state index in [0.717, 1.165) is 11.8 Å². The number of rotatable bonds is 7.